The highest BCUT2D eigenvalue weighted by Crippen LogP contribution is 2.24. The average molecular weight is 384 g/mol. The average Bonchev–Trinajstić information content (AvgIpc) is 3.05. The van der Waals surface area contributed by atoms with Crippen molar-refractivity contribution in [1.29, 1.82) is 0 Å². The summed E-state index contributed by atoms with van der Waals surface area (Å²) in [5.41, 5.74) is 2.45. The second-order valence-corrected chi connectivity index (χ2v) is 7.48. The molecule has 146 valence electrons. The van der Waals surface area contributed by atoms with Crippen molar-refractivity contribution in [1.82, 2.24) is 15.1 Å². The second-order valence-electron chi connectivity index (χ2n) is 7.48. The zero-order valence-corrected chi connectivity index (χ0v) is 16.0. The Labute approximate surface area is 162 Å². The smallest absolute Gasteiger partial charge is 0.319 e. The molecule has 0 fully saturated rings. The Morgan fingerprint density at radius 1 is 1.04 bits per heavy atom. The molecule has 2 N–H and O–H groups in total. The first kappa shape index (κ1) is 19.5. The van der Waals surface area contributed by atoms with Crippen molar-refractivity contribution in [2.24, 2.45) is 0 Å². The number of nitrogens with one attached hydrogen (secondary N) is 2. The summed E-state index contributed by atoms with van der Waals surface area (Å²) >= 11 is 0. The molecule has 0 aliphatic rings. The summed E-state index contributed by atoms with van der Waals surface area (Å²) in [5.74, 6) is -0.761. The quantitative estimate of drug-likeness (QED) is 0.681. The third-order valence-corrected chi connectivity index (χ3v) is 4.14. The Hall–Kier alpha value is -3.22. The van der Waals surface area contributed by atoms with E-state index in [1.807, 2.05) is 26.8 Å². The van der Waals surface area contributed by atoms with Crippen LogP contribution < -0.4 is 10.6 Å². The van der Waals surface area contributed by atoms with Gasteiger partial charge >= 0.3 is 6.03 Å². The van der Waals surface area contributed by atoms with Gasteiger partial charge in [-0.15, -0.1) is 0 Å². The number of aromatic nitrogens is 2. The topological polar surface area (TPSA) is 59.0 Å². The molecule has 0 aliphatic carbocycles. The fraction of sp³-hybridized carbons (Fsp3) is 0.238. The molecule has 0 radical (unpaired) electrons. The van der Waals surface area contributed by atoms with Crippen molar-refractivity contribution in [3.05, 3.63) is 77.6 Å². The van der Waals surface area contributed by atoms with Crippen LogP contribution in [0.4, 0.5) is 19.3 Å². The monoisotopic (exact) mass is 384 g/mol. The predicted molar refractivity (Wildman–Crippen MR) is 104 cm³/mol. The first-order chi connectivity index (χ1) is 13.2. The summed E-state index contributed by atoms with van der Waals surface area (Å²) in [6.45, 7) is 6.32. The molecule has 7 heteroatoms. The molecule has 2 amide bonds. The molecule has 0 aliphatic heterocycles. The van der Waals surface area contributed by atoms with E-state index in [2.05, 4.69) is 15.7 Å². The van der Waals surface area contributed by atoms with Crippen molar-refractivity contribution < 1.29 is 13.6 Å². The van der Waals surface area contributed by atoms with E-state index in [1.54, 1.807) is 22.9 Å². The lowest BCUT2D eigenvalue weighted by atomic mass is 9.92. The van der Waals surface area contributed by atoms with E-state index in [1.165, 1.54) is 30.3 Å². The maximum absolute atomic E-state index is 13.3. The molecule has 3 rings (SSSR count). The van der Waals surface area contributed by atoms with Crippen LogP contribution in [-0.2, 0) is 12.0 Å². The van der Waals surface area contributed by atoms with E-state index in [4.69, 9.17) is 0 Å². The molecule has 0 bridgehead atoms. The zero-order valence-electron chi connectivity index (χ0n) is 16.0. The lowest BCUT2D eigenvalue weighted by Crippen LogP contribution is -2.29. The van der Waals surface area contributed by atoms with Crippen LogP contribution in [0, 0.1) is 11.6 Å². The highest BCUT2D eigenvalue weighted by molar-refractivity contribution is 5.89. The normalized spacial score (nSPS) is 11.3. The Morgan fingerprint density at radius 3 is 2.39 bits per heavy atom. The number of hydrogen-bond donors (Lipinski definition) is 2. The highest BCUT2D eigenvalue weighted by Gasteiger charge is 2.20. The highest BCUT2D eigenvalue weighted by atomic mass is 19.1. The van der Waals surface area contributed by atoms with Gasteiger partial charge in [-0.1, -0.05) is 26.8 Å². The second kappa shape index (κ2) is 7.80. The van der Waals surface area contributed by atoms with Gasteiger partial charge in [0.1, 0.15) is 11.6 Å². The summed E-state index contributed by atoms with van der Waals surface area (Å²) in [6, 6.07) is 13.1. The van der Waals surface area contributed by atoms with Gasteiger partial charge in [-0.2, -0.15) is 5.10 Å². The Kier molecular flexibility index (Phi) is 5.44. The molecule has 0 saturated carbocycles. The third-order valence-electron chi connectivity index (χ3n) is 4.14. The molecule has 1 aromatic heterocycles. The van der Waals surface area contributed by atoms with Crippen LogP contribution in [0.2, 0.25) is 0 Å². The van der Waals surface area contributed by atoms with Crippen molar-refractivity contribution in [3.8, 4) is 5.69 Å². The fourth-order valence-corrected chi connectivity index (χ4v) is 2.63. The molecule has 28 heavy (non-hydrogen) atoms. The maximum atomic E-state index is 13.3. The van der Waals surface area contributed by atoms with Crippen LogP contribution in [0.15, 0.2) is 54.6 Å². The molecule has 0 saturated heterocycles. The van der Waals surface area contributed by atoms with Crippen LogP contribution in [-0.4, -0.2) is 15.8 Å². The summed E-state index contributed by atoms with van der Waals surface area (Å²) in [7, 11) is 0. The lowest BCUT2D eigenvalue weighted by Gasteiger charge is -2.14. The molecule has 3 aromatic rings. The summed E-state index contributed by atoms with van der Waals surface area (Å²) < 4.78 is 28.2. The van der Waals surface area contributed by atoms with Gasteiger partial charge in [-0.25, -0.2) is 18.3 Å². The molecule has 2 aromatic carbocycles. The molecule has 5 nitrogen and oxygen atoms in total. The predicted octanol–water partition coefficient (Wildman–Crippen LogP) is 4.77. The Bertz CT molecular complexity index is 975. The maximum Gasteiger partial charge on any atom is 0.319 e. The number of rotatable bonds is 4. The molecule has 0 spiro atoms. The van der Waals surface area contributed by atoms with E-state index < -0.39 is 11.8 Å². The Morgan fingerprint density at radius 2 is 1.75 bits per heavy atom. The van der Waals surface area contributed by atoms with Crippen LogP contribution >= 0.6 is 0 Å². The summed E-state index contributed by atoms with van der Waals surface area (Å²) in [6.07, 6.45) is 0. The van der Waals surface area contributed by atoms with Gasteiger partial charge in [0, 0.05) is 11.1 Å². The number of amides is 2. The van der Waals surface area contributed by atoms with Gasteiger partial charge in [0.05, 0.1) is 23.6 Å². The number of halogens is 2. The largest absolute Gasteiger partial charge is 0.332 e. The number of carbonyl (C=O) groups excluding carboxylic acids is 1. The molecule has 0 atom stereocenters. The number of benzene rings is 2. The van der Waals surface area contributed by atoms with Crippen LogP contribution in [0.25, 0.3) is 5.69 Å². The van der Waals surface area contributed by atoms with E-state index in [0.29, 0.717) is 11.4 Å². The van der Waals surface area contributed by atoms with Crippen LogP contribution in [0.3, 0.4) is 0 Å². The van der Waals surface area contributed by atoms with Gasteiger partial charge in [-0.05, 0) is 48.5 Å². The molecule has 0 unspecified atom stereocenters. The fourth-order valence-electron chi connectivity index (χ4n) is 2.63. The third kappa shape index (κ3) is 4.73. The minimum atomic E-state index is -0.463. The lowest BCUT2D eigenvalue weighted by molar-refractivity contribution is 0.251. The van der Waals surface area contributed by atoms with E-state index in [9.17, 15) is 13.6 Å². The summed E-state index contributed by atoms with van der Waals surface area (Å²) in [5, 5.41) is 9.96. The minimum Gasteiger partial charge on any atom is -0.332 e. The molecule has 1 heterocycles. The van der Waals surface area contributed by atoms with Crippen molar-refractivity contribution in [2.45, 2.75) is 32.7 Å². The number of carbonyl (C=O) groups is 1. The number of nitrogens with zero attached hydrogens (tertiary/aromatic N) is 2. The zero-order chi connectivity index (χ0) is 20.3. The summed E-state index contributed by atoms with van der Waals surface area (Å²) in [4.78, 5) is 12.2. The number of anilines is 1. The minimum absolute atomic E-state index is 0.191. The van der Waals surface area contributed by atoms with Crippen molar-refractivity contribution in [3.63, 3.8) is 0 Å². The Balaban J connectivity index is 1.79. The van der Waals surface area contributed by atoms with Gasteiger partial charge in [0.25, 0.3) is 0 Å². The van der Waals surface area contributed by atoms with Gasteiger partial charge in [-0.3, -0.25) is 0 Å². The van der Waals surface area contributed by atoms with E-state index in [-0.39, 0.29) is 17.8 Å². The van der Waals surface area contributed by atoms with Crippen LogP contribution in [0.5, 0.6) is 0 Å². The van der Waals surface area contributed by atoms with Crippen molar-refractivity contribution in [2.75, 3.05) is 5.32 Å². The standard InChI is InChI=1S/C21H22F2N4O/c1-21(2,3)19-12-18(27(26-19)17-9-7-14(22)8-10-17)13-24-20(28)25-16-6-4-5-15(23)11-16/h4-12H,13H2,1-3H3,(H2,24,25,28). The first-order valence-corrected chi connectivity index (χ1v) is 8.88. The van der Waals surface area contributed by atoms with Gasteiger partial charge in [0.15, 0.2) is 0 Å². The first-order valence-electron chi connectivity index (χ1n) is 8.88. The SMILES string of the molecule is CC(C)(C)c1cc(CNC(=O)Nc2cccc(F)c2)n(-c2ccc(F)cc2)n1. The number of hydrogen-bond acceptors (Lipinski definition) is 2. The number of urea groups is 1. The van der Waals surface area contributed by atoms with E-state index in [0.717, 1.165) is 11.4 Å². The van der Waals surface area contributed by atoms with E-state index >= 15 is 0 Å². The van der Waals surface area contributed by atoms with Crippen LogP contribution in [0.1, 0.15) is 32.2 Å². The van der Waals surface area contributed by atoms with Gasteiger partial charge in [0.2, 0.25) is 0 Å². The molecular weight excluding hydrogens is 362 g/mol. The van der Waals surface area contributed by atoms with Crippen molar-refractivity contribution >= 4 is 11.7 Å². The molecular formula is C21H22F2N4O. The van der Waals surface area contributed by atoms with Gasteiger partial charge < -0.3 is 10.6 Å².